The van der Waals surface area contributed by atoms with E-state index in [0.717, 1.165) is 24.4 Å². The predicted molar refractivity (Wildman–Crippen MR) is 84.6 cm³/mol. The Hall–Kier alpha value is -1.39. The summed E-state index contributed by atoms with van der Waals surface area (Å²) < 4.78 is 5.18. The van der Waals surface area contributed by atoms with Crippen molar-refractivity contribution in [2.24, 2.45) is 0 Å². The van der Waals surface area contributed by atoms with Crippen molar-refractivity contribution in [3.05, 3.63) is 45.4 Å². The van der Waals surface area contributed by atoms with Crippen molar-refractivity contribution in [1.82, 2.24) is 10.3 Å². The van der Waals surface area contributed by atoms with Gasteiger partial charge >= 0.3 is 0 Å². The molecule has 0 fully saturated rings. The van der Waals surface area contributed by atoms with Gasteiger partial charge in [0.15, 0.2) is 0 Å². The Morgan fingerprint density at radius 3 is 2.55 bits per heavy atom. The summed E-state index contributed by atoms with van der Waals surface area (Å²) >= 11 is 1.80. The summed E-state index contributed by atoms with van der Waals surface area (Å²) in [6, 6.07) is 8.69. The van der Waals surface area contributed by atoms with Gasteiger partial charge in [0.1, 0.15) is 5.75 Å². The van der Waals surface area contributed by atoms with Crippen LogP contribution in [0.5, 0.6) is 5.75 Å². The van der Waals surface area contributed by atoms with Crippen LogP contribution < -0.4 is 10.1 Å². The van der Waals surface area contributed by atoms with Crippen LogP contribution in [0.2, 0.25) is 0 Å². The molecular formula is C16H22N2OS. The second-order valence-corrected chi connectivity index (χ2v) is 6.34. The molecule has 1 heterocycles. The van der Waals surface area contributed by atoms with Gasteiger partial charge in [0.25, 0.3) is 0 Å². The summed E-state index contributed by atoms with van der Waals surface area (Å²) in [5, 5.41) is 4.62. The summed E-state index contributed by atoms with van der Waals surface area (Å²) in [5.74, 6) is 0.894. The van der Waals surface area contributed by atoms with Crippen LogP contribution in [-0.2, 0) is 13.0 Å². The van der Waals surface area contributed by atoms with Gasteiger partial charge < -0.3 is 10.1 Å². The number of aryl methyl sites for hydroxylation is 1. The first kappa shape index (κ1) is 15.0. The molecule has 4 heteroatoms. The van der Waals surface area contributed by atoms with E-state index in [4.69, 9.17) is 4.74 Å². The number of ether oxygens (including phenoxy) is 1. The van der Waals surface area contributed by atoms with Gasteiger partial charge in [-0.25, -0.2) is 4.98 Å². The number of methoxy groups -OCH3 is 1. The van der Waals surface area contributed by atoms with Gasteiger partial charge in [0.2, 0.25) is 0 Å². The number of hydrogen-bond donors (Lipinski definition) is 1. The molecule has 0 aliphatic carbocycles. The van der Waals surface area contributed by atoms with Crippen molar-refractivity contribution in [3.8, 4) is 5.75 Å². The molecule has 3 nitrogen and oxygen atoms in total. The number of hydrogen-bond acceptors (Lipinski definition) is 4. The largest absolute Gasteiger partial charge is 0.497 e. The molecule has 20 heavy (non-hydrogen) atoms. The number of benzene rings is 1. The highest BCUT2D eigenvalue weighted by Crippen LogP contribution is 2.22. The van der Waals surface area contributed by atoms with Crippen molar-refractivity contribution in [2.75, 3.05) is 7.11 Å². The van der Waals surface area contributed by atoms with Gasteiger partial charge in [0.05, 0.1) is 17.8 Å². The van der Waals surface area contributed by atoms with Gasteiger partial charge in [-0.1, -0.05) is 26.0 Å². The molecule has 1 aromatic carbocycles. The molecule has 0 bridgehead atoms. The van der Waals surface area contributed by atoms with E-state index in [1.807, 2.05) is 12.1 Å². The zero-order chi connectivity index (χ0) is 14.5. The maximum Gasteiger partial charge on any atom is 0.118 e. The average Bonchev–Trinajstić information content (AvgIpc) is 2.77. The second-order valence-electron chi connectivity index (χ2n) is 5.18. The van der Waals surface area contributed by atoms with E-state index in [2.05, 4.69) is 43.2 Å². The molecule has 0 saturated carbocycles. The van der Waals surface area contributed by atoms with E-state index < -0.39 is 0 Å². The normalized spacial score (nSPS) is 11.1. The Balaban J connectivity index is 2.03. The van der Waals surface area contributed by atoms with Crippen LogP contribution in [0, 0.1) is 6.92 Å². The van der Waals surface area contributed by atoms with E-state index in [-0.39, 0.29) is 0 Å². The minimum absolute atomic E-state index is 0.501. The van der Waals surface area contributed by atoms with Crippen LogP contribution in [0.25, 0.3) is 0 Å². The van der Waals surface area contributed by atoms with Gasteiger partial charge in [-0.05, 0) is 24.6 Å². The highest BCUT2D eigenvalue weighted by atomic mass is 32.1. The molecule has 0 amide bonds. The van der Waals surface area contributed by atoms with Gasteiger partial charge in [-0.3, -0.25) is 0 Å². The summed E-state index contributed by atoms with van der Waals surface area (Å²) in [6.45, 7) is 7.32. The average molecular weight is 290 g/mol. The monoisotopic (exact) mass is 290 g/mol. The topological polar surface area (TPSA) is 34.1 Å². The van der Waals surface area contributed by atoms with Crippen LogP contribution in [0.1, 0.15) is 35.0 Å². The first-order chi connectivity index (χ1) is 9.58. The number of nitrogens with one attached hydrogen (secondary N) is 1. The Morgan fingerprint density at radius 2 is 1.95 bits per heavy atom. The van der Waals surface area contributed by atoms with Crippen molar-refractivity contribution < 1.29 is 4.74 Å². The Labute approximate surface area is 125 Å². The van der Waals surface area contributed by atoms with E-state index in [1.54, 1.807) is 18.4 Å². The first-order valence-corrected chi connectivity index (χ1v) is 7.71. The Morgan fingerprint density at radius 1 is 1.25 bits per heavy atom. The number of thiazole rings is 1. The Kier molecular flexibility index (Phi) is 5.15. The maximum atomic E-state index is 5.18. The second kappa shape index (κ2) is 6.86. The van der Waals surface area contributed by atoms with Crippen LogP contribution in [-0.4, -0.2) is 18.1 Å². The predicted octanol–water partition coefficient (Wildman–Crippen LogP) is 3.55. The molecule has 1 aromatic heterocycles. The molecule has 0 spiro atoms. The van der Waals surface area contributed by atoms with Crippen LogP contribution in [0.15, 0.2) is 24.3 Å². The summed E-state index contributed by atoms with van der Waals surface area (Å²) in [5.41, 5.74) is 2.41. The number of nitrogens with zero attached hydrogens (tertiary/aromatic N) is 1. The number of aromatic nitrogens is 1. The smallest absolute Gasteiger partial charge is 0.118 e. The molecule has 0 unspecified atom stereocenters. The fraction of sp³-hybridized carbons (Fsp3) is 0.438. The third-order valence-corrected chi connectivity index (χ3v) is 4.28. The first-order valence-electron chi connectivity index (χ1n) is 6.90. The SMILES string of the molecule is COc1ccc(Cc2nc(C)c(CNC(C)C)s2)cc1. The van der Waals surface area contributed by atoms with Crippen molar-refractivity contribution in [3.63, 3.8) is 0 Å². The summed E-state index contributed by atoms with van der Waals surface area (Å²) in [7, 11) is 1.69. The standard InChI is InChI=1S/C16H22N2OS/c1-11(2)17-10-15-12(3)18-16(20-15)9-13-5-7-14(19-4)8-6-13/h5-8,11,17H,9-10H2,1-4H3. The van der Waals surface area contributed by atoms with E-state index in [9.17, 15) is 0 Å². The van der Waals surface area contributed by atoms with Crippen LogP contribution >= 0.6 is 11.3 Å². The molecule has 2 aromatic rings. The molecule has 0 radical (unpaired) electrons. The fourth-order valence-corrected chi connectivity index (χ4v) is 3.00. The third-order valence-electron chi connectivity index (χ3n) is 3.12. The van der Waals surface area contributed by atoms with E-state index >= 15 is 0 Å². The minimum Gasteiger partial charge on any atom is -0.497 e. The lowest BCUT2D eigenvalue weighted by Crippen LogP contribution is -2.21. The van der Waals surface area contributed by atoms with Gasteiger partial charge in [-0.2, -0.15) is 0 Å². The maximum absolute atomic E-state index is 5.18. The molecule has 0 aliphatic rings. The molecule has 108 valence electrons. The summed E-state index contributed by atoms with van der Waals surface area (Å²) in [4.78, 5) is 6.01. The minimum atomic E-state index is 0.501. The lowest BCUT2D eigenvalue weighted by Gasteiger charge is -2.05. The lowest BCUT2D eigenvalue weighted by atomic mass is 10.1. The molecular weight excluding hydrogens is 268 g/mol. The number of rotatable bonds is 6. The zero-order valence-corrected chi connectivity index (χ0v) is 13.4. The summed E-state index contributed by atoms with van der Waals surface area (Å²) in [6.07, 6.45) is 0.886. The van der Waals surface area contributed by atoms with E-state index in [0.29, 0.717) is 6.04 Å². The molecule has 2 rings (SSSR count). The molecule has 0 aliphatic heterocycles. The Bertz CT molecular complexity index is 546. The fourth-order valence-electron chi connectivity index (χ4n) is 1.94. The van der Waals surface area contributed by atoms with Crippen molar-refractivity contribution in [1.29, 1.82) is 0 Å². The molecule has 0 atom stereocenters. The highest BCUT2D eigenvalue weighted by Gasteiger charge is 2.08. The third kappa shape index (κ3) is 4.05. The van der Waals surface area contributed by atoms with Gasteiger partial charge in [0, 0.05) is 23.9 Å². The van der Waals surface area contributed by atoms with Gasteiger partial charge in [-0.15, -0.1) is 11.3 Å². The molecule has 1 N–H and O–H groups in total. The zero-order valence-electron chi connectivity index (χ0n) is 12.6. The van der Waals surface area contributed by atoms with Crippen LogP contribution in [0.4, 0.5) is 0 Å². The van der Waals surface area contributed by atoms with E-state index in [1.165, 1.54) is 15.4 Å². The quantitative estimate of drug-likeness (QED) is 0.883. The van der Waals surface area contributed by atoms with Crippen molar-refractivity contribution >= 4 is 11.3 Å². The molecule has 0 saturated heterocycles. The van der Waals surface area contributed by atoms with Crippen LogP contribution in [0.3, 0.4) is 0 Å². The lowest BCUT2D eigenvalue weighted by molar-refractivity contribution is 0.414. The van der Waals surface area contributed by atoms with Crippen molar-refractivity contribution in [2.45, 2.75) is 39.8 Å². The highest BCUT2D eigenvalue weighted by molar-refractivity contribution is 7.11.